The number of nitrogen functional groups attached to an aromatic ring is 1. The Hall–Kier alpha value is -1.71. The van der Waals surface area contributed by atoms with Crippen LogP contribution in [0.25, 0.3) is 22.6 Å². The molecule has 0 amide bonds. The number of nitrogens with zero attached hydrogens (tertiary/aromatic N) is 1. The second-order valence-corrected chi connectivity index (χ2v) is 5.12. The van der Waals surface area contributed by atoms with Gasteiger partial charge in [-0.05, 0) is 36.8 Å². The SMILES string of the molecule is Cc1cc(N)cc2nc(-c3c(Cl)cccc3Cl)oc12. The van der Waals surface area contributed by atoms with Crippen molar-refractivity contribution in [3.05, 3.63) is 45.9 Å². The topological polar surface area (TPSA) is 52.0 Å². The summed E-state index contributed by atoms with van der Waals surface area (Å²) in [5.74, 6) is 0.402. The Morgan fingerprint density at radius 2 is 1.84 bits per heavy atom. The van der Waals surface area contributed by atoms with Crippen molar-refractivity contribution in [1.29, 1.82) is 0 Å². The normalized spacial score (nSPS) is 11.1. The highest BCUT2D eigenvalue weighted by Crippen LogP contribution is 2.36. The predicted octanol–water partition coefficient (Wildman–Crippen LogP) is 4.69. The first-order valence-corrected chi connectivity index (χ1v) is 6.43. The lowest BCUT2D eigenvalue weighted by molar-refractivity contribution is 0.617. The van der Waals surface area contributed by atoms with Gasteiger partial charge in [-0.2, -0.15) is 0 Å². The van der Waals surface area contributed by atoms with Gasteiger partial charge in [0.05, 0.1) is 15.6 Å². The Kier molecular flexibility index (Phi) is 2.88. The molecule has 0 bridgehead atoms. The van der Waals surface area contributed by atoms with Gasteiger partial charge >= 0.3 is 0 Å². The highest BCUT2D eigenvalue weighted by Gasteiger charge is 2.16. The molecule has 0 saturated heterocycles. The highest BCUT2D eigenvalue weighted by atomic mass is 35.5. The van der Waals surface area contributed by atoms with E-state index in [2.05, 4.69) is 4.98 Å². The third kappa shape index (κ3) is 2.05. The largest absolute Gasteiger partial charge is 0.436 e. The van der Waals surface area contributed by atoms with Gasteiger partial charge in [-0.25, -0.2) is 4.98 Å². The first-order valence-electron chi connectivity index (χ1n) is 5.67. The molecule has 3 nitrogen and oxygen atoms in total. The molecule has 0 aliphatic heterocycles. The maximum absolute atomic E-state index is 6.15. The molecule has 2 aromatic carbocycles. The van der Waals surface area contributed by atoms with E-state index in [1.54, 1.807) is 24.3 Å². The number of hydrogen-bond acceptors (Lipinski definition) is 3. The summed E-state index contributed by atoms with van der Waals surface area (Å²) in [4.78, 5) is 4.41. The number of rotatable bonds is 1. The van der Waals surface area contributed by atoms with Crippen LogP contribution in [0.5, 0.6) is 0 Å². The number of halogens is 2. The van der Waals surface area contributed by atoms with Crippen LogP contribution in [0.2, 0.25) is 10.0 Å². The fourth-order valence-corrected chi connectivity index (χ4v) is 2.60. The lowest BCUT2D eigenvalue weighted by Crippen LogP contribution is -1.85. The van der Waals surface area contributed by atoms with Gasteiger partial charge in [0.2, 0.25) is 5.89 Å². The van der Waals surface area contributed by atoms with Gasteiger partial charge in [0.25, 0.3) is 0 Å². The van der Waals surface area contributed by atoms with Crippen LogP contribution in [0.1, 0.15) is 5.56 Å². The Balaban J connectivity index is 2.30. The second-order valence-electron chi connectivity index (χ2n) is 4.30. The molecule has 1 heterocycles. The predicted molar refractivity (Wildman–Crippen MR) is 78.6 cm³/mol. The van der Waals surface area contributed by atoms with Crippen LogP contribution in [-0.4, -0.2) is 4.98 Å². The fourth-order valence-electron chi connectivity index (χ4n) is 2.04. The summed E-state index contributed by atoms with van der Waals surface area (Å²) in [5.41, 5.74) is 9.36. The molecule has 1 aromatic heterocycles. The molecule has 0 aliphatic rings. The van der Waals surface area contributed by atoms with Gasteiger partial charge in [0.1, 0.15) is 5.52 Å². The van der Waals surface area contributed by atoms with Gasteiger partial charge in [-0.15, -0.1) is 0 Å². The van der Waals surface area contributed by atoms with Crippen LogP contribution in [0.3, 0.4) is 0 Å². The first-order chi connectivity index (χ1) is 9.06. The maximum Gasteiger partial charge on any atom is 0.230 e. The van der Waals surface area contributed by atoms with Crippen LogP contribution in [0.4, 0.5) is 5.69 Å². The van der Waals surface area contributed by atoms with E-state index in [4.69, 9.17) is 33.4 Å². The summed E-state index contributed by atoms with van der Waals surface area (Å²) in [6.07, 6.45) is 0. The number of nitrogens with two attached hydrogens (primary N) is 1. The number of oxazole rings is 1. The number of benzene rings is 2. The summed E-state index contributed by atoms with van der Waals surface area (Å²) < 4.78 is 5.77. The Morgan fingerprint density at radius 1 is 1.16 bits per heavy atom. The number of anilines is 1. The van der Waals surface area contributed by atoms with Crippen molar-refractivity contribution in [3.63, 3.8) is 0 Å². The molecule has 3 rings (SSSR count). The minimum Gasteiger partial charge on any atom is -0.436 e. The van der Waals surface area contributed by atoms with E-state index in [1.165, 1.54) is 0 Å². The van der Waals surface area contributed by atoms with Crippen molar-refractivity contribution < 1.29 is 4.42 Å². The van der Waals surface area contributed by atoms with Crippen molar-refractivity contribution in [2.24, 2.45) is 0 Å². The molecule has 2 N–H and O–H groups in total. The summed E-state index contributed by atoms with van der Waals surface area (Å²) in [6.45, 7) is 1.92. The van der Waals surface area contributed by atoms with E-state index in [0.717, 1.165) is 5.56 Å². The Morgan fingerprint density at radius 3 is 2.53 bits per heavy atom. The highest BCUT2D eigenvalue weighted by molar-refractivity contribution is 6.38. The lowest BCUT2D eigenvalue weighted by Gasteiger charge is -2.01. The van der Waals surface area contributed by atoms with Gasteiger partial charge in [0.15, 0.2) is 5.58 Å². The molecule has 0 unspecified atom stereocenters. The van der Waals surface area contributed by atoms with Crippen molar-refractivity contribution in [1.82, 2.24) is 4.98 Å². The summed E-state index contributed by atoms with van der Waals surface area (Å²) in [5, 5.41) is 1.01. The molecule has 0 spiro atoms. The average Bonchev–Trinajstić information content (AvgIpc) is 2.72. The van der Waals surface area contributed by atoms with Gasteiger partial charge in [-0.3, -0.25) is 0 Å². The molecule has 3 aromatic rings. The summed E-state index contributed by atoms with van der Waals surface area (Å²) >= 11 is 12.3. The fraction of sp³-hybridized carbons (Fsp3) is 0.0714. The molecule has 0 aliphatic carbocycles. The summed E-state index contributed by atoms with van der Waals surface area (Å²) in [6, 6.07) is 8.88. The number of fused-ring (bicyclic) bond motifs is 1. The third-order valence-electron chi connectivity index (χ3n) is 2.87. The molecule has 0 fully saturated rings. The minimum absolute atomic E-state index is 0.402. The van der Waals surface area contributed by atoms with Crippen LogP contribution in [-0.2, 0) is 0 Å². The maximum atomic E-state index is 6.15. The zero-order valence-electron chi connectivity index (χ0n) is 10.1. The molecule has 0 saturated carbocycles. The van der Waals surface area contributed by atoms with Crippen molar-refractivity contribution in [2.45, 2.75) is 6.92 Å². The molecular formula is C14H10Cl2N2O. The van der Waals surface area contributed by atoms with E-state index in [0.29, 0.717) is 38.3 Å². The Bertz CT molecular complexity index is 760. The van der Waals surface area contributed by atoms with E-state index >= 15 is 0 Å². The first kappa shape index (κ1) is 12.3. The molecule has 96 valence electrons. The zero-order chi connectivity index (χ0) is 13.6. The molecular weight excluding hydrogens is 283 g/mol. The number of hydrogen-bond donors (Lipinski definition) is 1. The van der Waals surface area contributed by atoms with E-state index in [9.17, 15) is 0 Å². The van der Waals surface area contributed by atoms with Crippen LogP contribution < -0.4 is 5.73 Å². The van der Waals surface area contributed by atoms with Crippen molar-refractivity contribution in [3.8, 4) is 11.5 Å². The smallest absolute Gasteiger partial charge is 0.230 e. The quantitative estimate of drug-likeness (QED) is 0.662. The lowest BCUT2D eigenvalue weighted by atomic mass is 10.2. The monoisotopic (exact) mass is 292 g/mol. The van der Waals surface area contributed by atoms with E-state index in [-0.39, 0.29) is 0 Å². The van der Waals surface area contributed by atoms with Gasteiger partial charge in [-0.1, -0.05) is 29.3 Å². The van der Waals surface area contributed by atoms with Gasteiger partial charge < -0.3 is 10.2 Å². The summed E-state index contributed by atoms with van der Waals surface area (Å²) in [7, 11) is 0. The number of aromatic nitrogens is 1. The van der Waals surface area contributed by atoms with E-state index < -0.39 is 0 Å². The van der Waals surface area contributed by atoms with Crippen LogP contribution in [0, 0.1) is 6.92 Å². The van der Waals surface area contributed by atoms with Crippen LogP contribution >= 0.6 is 23.2 Å². The average molecular weight is 293 g/mol. The Labute approximate surface area is 119 Å². The van der Waals surface area contributed by atoms with Crippen LogP contribution in [0.15, 0.2) is 34.7 Å². The number of aryl methyl sites for hydroxylation is 1. The molecule has 0 radical (unpaired) electrons. The zero-order valence-corrected chi connectivity index (χ0v) is 11.6. The van der Waals surface area contributed by atoms with Gasteiger partial charge in [0, 0.05) is 5.69 Å². The molecule has 5 heteroatoms. The van der Waals surface area contributed by atoms with Crippen molar-refractivity contribution in [2.75, 3.05) is 5.73 Å². The third-order valence-corrected chi connectivity index (χ3v) is 3.50. The van der Waals surface area contributed by atoms with E-state index in [1.807, 2.05) is 13.0 Å². The van der Waals surface area contributed by atoms with Crippen molar-refractivity contribution >= 4 is 40.0 Å². The molecule has 0 atom stereocenters. The second kappa shape index (κ2) is 4.44. The standard InChI is InChI=1S/C14H10Cl2N2O/c1-7-5-8(17)6-11-13(7)19-14(18-11)12-9(15)3-2-4-10(12)16/h2-6H,17H2,1H3. The molecule has 19 heavy (non-hydrogen) atoms. The minimum atomic E-state index is 0.402.